The van der Waals surface area contributed by atoms with E-state index in [9.17, 15) is 4.79 Å². The molecule has 25 heavy (non-hydrogen) atoms. The average Bonchev–Trinajstić information content (AvgIpc) is 3.06. The molecule has 1 amide bonds. The van der Waals surface area contributed by atoms with E-state index in [-0.39, 0.29) is 5.91 Å². The number of rotatable bonds is 1. The zero-order valence-corrected chi connectivity index (χ0v) is 15.4. The van der Waals surface area contributed by atoms with E-state index in [0.717, 1.165) is 36.5 Å². The Bertz CT molecular complexity index is 813. The number of benzene rings is 2. The van der Waals surface area contributed by atoms with Gasteiger partial charge in [-0.25, -0.2) is 0 Å². The molecule has 4 heteroatoms. The summed E-state index contributed by atoms with van der Waals surface area (Å²) in [5.41, 5.74) is 5.99. The lowest BCUT2D eigenvalue weighted by Crippen LogP contribution is -2.26. The minimum absolute atomic E-state index is 0.0243. The minimum Gasteiger partial charge on any atom is -0.355 e. The Morgan fingerprint density at radius 1 is 1.12 bits per heavy atom. The summed E-state index contributed by atoms with van der Waals surface area (Å²) in [6, 6.07) is 14.2. The fourth-order valence-electron chi connectivity index (χ4n) is 3.29. The van der Waals surface area contributed by atoms with Gasteiger partial charge in [-0.05, 0) is 47.9 Å². The number of nitrogens with zero attached hydrogens (tertiary/aromatic N) is 1. The Hall–Kier alpha value is -2.10. The highest BCUT2D eigenvalue weighted by atomic mass is 35.5. The molecular formula is C21H23ClN2O. The van der Waals surface area contributed by atoms with E-state index in [4.69, 9.17) is 11.6 Å². The van der Waals surface area contributed by atoms with Crippen LogP contribution in [0.25, 0.3) is 6.08 Å². The van der Waals surface area contributed by atoms with Crippen molar-refractivity contribution in [3.8, 4) is 0 Å². The molecule has 3 nitrogen and oxygen atoms in total. The number of carbonyl (C=O) groups excluding carboxylic acids is 1. The molecule has 0 unspecified atom stereocenters. The average molecular weight is 355 g/mol. The molecule has 0 atom stereocenters. The SMILES string of the molecule is CN1CCc2c(Cl)cccc2C1.CNC(=O)C1=Cc2ccccc2C1. The normalized spacial score (nSPS) is 15.4. The van der Waals surface area contributed by atoms with Gasteiger partial charge in [-0.3, -0.25) is 4.79 Å². The van der Waals surface area contributed by atoms with Crippen molar-refractivity contribution >= 4 is 23.6 Å². The number of halogens is 1. The Labute approximate surface area is 154 Å². The van der Waals surface area contributed by atoms with Crippen LogP contribution in [0.1, 0.15) is 22.3 Å². The van der Waals surface area contributed by atoms with E-state index in [0.29, 0.717) is 0 Å². The Morgan fingerprint density at radius 3 is 2.64 bits per heavy atom. The third kappa shape index (κ3) is 4.12. The number of nitrogens with one attached hydrogen (secondary N) is 1. The Kier molecular flexibility index (Phi) is 5.57. The van der Waals surface area contributed by atoms with Crippen molar-refractivity contribution < 1.29 is 4.79 Å². The van der Waals surface area contributed by atoms with Gasteiger partial charge >= 0.3 is 0 Å². The Balaban J connectivity index is 0.000000146. The van der Waals surface area contributed by atoms with Crippen LogP contribution in [0.5, 0.6) is 0 Å². The topological polar surface area (TPSA) is 32.3 Å². The van der Waals surface area contributed by atoms with Crippen molar-refractivity contribution in [2.24, 2.45) is 0 Å². The van der Waals surface area contributed by atoms with Gasteiger partial charge < -0.3 is 10.2 Å². The molecule has 4 rings (SSSR count). The molecule has 0 spiro atoms. The first-order valence-corrected chi connectivity index (χ1v) is 8.91. The molecule has 1 aliphatic heterocycles. The van der Waals surface area contributed by atoms with Gasteiger partial charge in [-0.2, -0.15) is 0 Å². The van der Waals surface area contributed by atoms with E-state index in [1.165, 1.54) is 22.3 Å². The highest BCUT2D eigenvalue weighted by molar-refractivity contribution is 6.31. The van der Waals surface area contributed by atoms with Gasteiger partial charge in [0.15, 0.2) is 0 Å². The smallest absolute Gasteiger partial charge is 0.247 e. The van der Waals surface area contributed by atoms with E-state index < -0.39 is 0 Å². The van der Waals surface area contributed by atoms with E-state index in [2.05, 4.69) is 29.4 Å². The highest BCUT2D eigenvalue weighted by Gasteiger charge is 2.16. The van der Waals surface area contributed by atoms with Crippen molar-refractivity contribution in [2.75, 3.05) is 20.6 Å². The molecule has 0 bridgehead atoms. The molecule has 2 aromatic carbocycles. The maximum atomic E-state index is 11.3. The molecule has 2 aliphatic rings. The van der Waals surface area contributed by atoms with Gasteiger partial charge in [0.2, 0.25) is 5.91 Å². The second kappa shape index (κ2) is 7.85. The maximum absolute atomic E-state index is 11.3. The van der Waals surface area contributed by atoms with E-state index in [1.807, 2.05) is 36.4 Å². The van der Waals surface area contributed by atoms with Crippen LogP contribution in [0.15, 0.2) is 48.0 Å². The zero-order valence-electron chi connectivity index (χ0n) is 14.7. The third-order valence-electron chi connectivity index (χ3n) is 4.68. The molecule has 0 aromatic heterocycles. The molecule has 0 radical (unpaired) electrons. The molecule has 1 heterocycles. The van der Waals surface area contributed by atoms with Gasteiger partial charge in [0, 0.05) is 37.2 Å². The van der Waals surface area contributed by atoms with Gasteiger partial charge in [0.1, 0.15) is 0 Å². The minimum atomic E-state index is 0.0243. The predicted molar refractivity (Wildman–Crippen MR) is 104 cm³/mol. The van der Waals surface area contributed by atoms with Crippen LogP contribution in [0.4, 0.5) is 0 Å². The standard InChI is InChI=1S/C11H11NO.C10H12ClN/c1-12-11(13)10-6-8-4-2-3-5-9(8)7-10;1-12-6-5-9-8(7-12)3-2-4-10(9)11/h2-6H,7H2,1H3,(H,12,13);2-4H,5-7H2,1H3. The number of hydrogen-bond donors (Lipinski definition) is 1. The largest absolute Gasteiger partial charge is 0.355 e. The second-order valence-corrected chi connectivity index (χ2v) is 6.90. The van der Waals surface area contributed by atoms with Gasteiger partial charge in [0.25, 0.3) is 0 Å². The van der Waals surface area contributed by atoms with Crippen molar-refractivity contribution in [2.45, 2.75) is 19.4 Å². The molecule has 1 N–H and O–H groups in total. The summed E-state index contributed by atoms with van der Waals surface area (Å²) in [6.45, 7) is 2.16. The number of amides is 1. The maximum Gasteiger partial charge on any atom is 0.247 e. The zero-order chi connectivity index (χ0) is 17.8. The third-order valence-corrected chi connectivity index (χ3v) is 5.04. The van der Waals surface area contributed by atoms with Crippen molar-refractivity contribution in [3.05, 3.63) is 75.3 Å². The lowest BCUT2D eigenvalue weighted by atomic mass is 10.0. The lowest BCUT2D eigenvalue weighted by molar-refractivity contribution is -0.117. The van der Waals surface area contributed by atoms with Crippen LogP contribution >= 0.6 is 11.6 Å². The van der Waals surface area contributed by atoms with Crippen LogP contribution in [0.3, 0.4) is 0 Å². The first-order valence-electron chi connectivity index (χ1n) is 8.54. The molecule has 0 saturated carbocycles. The lowest BCUT2D eigenvalue weighted by Gasteiger charge is -2.25. The predicted octanol–water partition coefficient (Wildman–Crippen LogP) is 3.70. The highest BCUT2D eigenvalue weighted by Crippen LogP contribution is 2.25. The van der Waals surface area contributed by atoms with Gasteiger partial charge in [0.05, 0.1) is 0 Å². The summed E-state index contributed by atoms with van der Waals surface area (Å²) in [6.07, 6.45) is 3.80. The number of likely N-dealkylation sites (N-methyl/N-ethyl adjacent to an activating group) is 2. The van der Waals surface area contributed by atoms with Crippen LogP contribution in [0, 0.1) is 0 Å². The molecule has 0 saturated heterocycles. The van der Waals surface area contributed by atoms with Crippen LogP contribution < -0.4 is 5.32 Å². The molecular weight excluding hydrogens is 332 g/mol. The van der Waals surface area contributed by atoms with Gasteiger partial charge in [-0.1, -0.05) is 48.0 Å². The van der Waals surface area contributed by atoms with Crippen LogP contribution in [-0.4, -0.2) is 31.4 Å². The van der Waals surface area contributed by atoms with Crippen molar-refractivity contribution in [1.82, 2.24) is 10.2 Å². The van der Waals surface area contributed by atoms with Gasteiger partial charge in [-0.15, -0.1) is 0 Å². The monoisotopic (exact) mass is 354 g/mol. The molecule has 0 fully saturated rings. The fraction of sp³-hybridized carbons (Fsp3) is 0.286. The number of hydrogen-bond acceptors (Lipinski definition) is 2. The van der Waals surface area contributed by atoms with Crippen LogP contribution in [-0.2, 0) is 24.2 Å². The summed E-state index contributed by atoms with van der Waals surface area (Å²) in [5.74, 6) is 0.0243. The van der Waals surface area contributed by atoms with Crippen LogP contribution in [0.2, 0.25) is 5.02 Å². The summed E-state index contributed by atoms with van der Waals surface area (Å²) in [4.78, 5) is 13.6. The summed E-state index contributed by atoms with van der Waals surface area (Å²) in [5, 5.41) is 3.57. The molecule has 2 aromatic rings. The first-order chi connectivity index (χ1) is 12.1. The van der Waals surface area contributed by atoms with Crippen molar-refractivity contribution in [3.63, 3.8) is 0 Å². The molecule has 1 aliphatic carbocycles. The Morgan fingerprint density at radius 2 is 1.88 bits per heavy atom. The first kappa shape index (κ1) is 17.7. The summed E-state index contributed by atoms with van der Waals surface area (Å²) >= 11 is 6.07. The fourth-order valence-corrected chi connectivity index (χ4v) is 3.58. The quantitative estimate of drug-likeness (QED) is 0.846. The number of fused-ring (bicyclic) bond motifs is 2. The van der Waals surface area contributed by atoms with Crippen molar-refractivity contribution in [1.29, 1.82) is 0 Å². The molecule has 130 valence electrons. The summed E-state index contributed by atoms with van der Waals surface area (Å²) in [7, 11) is 3.80. The van der Waals surface area contributed by atoms with E-state index in [1.54, 1.807) is 7.05 Å². The second-order valence-electron chi connectivity index (χ2n) is 6.49. The number of carbonyl (C=O) groups is 1. The van der Waals surface area contributed by atoms with E-state index >= 15 is 0 Å². The summed E-state index contributed by atoms with van der Waals surface area (Å²) < 4.78 is 0.